The number of benzene rings is 3. The van der Waals surface area contributed by atoms with Crippen molar-refractivity contribution in [3.8, 4) is 5.75 Å². The largest absolute Gasteiger partial charge is 0.495 e. The monoisotopic (exact) mass is 557 g/mol. The summed E-state index contributed by atoms with van der Waals surface area (Å²) in [5.41, 5.74) is 4.05. The molecule has 5 rings (SSSR count). The summed E-state index contributed by atoms with van der Waals surface area (Å²) < 4.78 is 19.7. The molecule has 0 aromatic heterocycles. The SMILES string of the molecule is COc1cc(C(=O)N2CCCCc3cc(F)ccc32)cc(CC(=O)N2CCCCC2)c1NC(=O)c1ccccc1C. The number of anilines is 2. The summed E-state index contributed by atoms with van der Waals surface area (Å²) in [6.07, 6.45) is 5.36. The third-order valence-corrected chi connectivity index (χ3v) is 7.98. The van der Waals surface area contributed by atoms with E-state index in [1.165, 1.54) is 19.2 Å². The Kier molecular flexibility index (Phi) is 8.67. The van der Waals surface area contributed by atoms with Gasteiger partial charge >= 0.3 is 0 Å². The Balaban J connectivity index is 1.54. The number of fused-ring (bicyclic) bond motifs is 1. The highest BCUT2D eigenvalue weighted by molar-refractivity contribution is 6.10. The van der Waals surface area contributed by atoms with Gasteiger partial charge in [-0.15, -0.1) is 0 Å². The van der Waals surface area contributed by atoms with Gasteiger partial charge in [0.2, 0.25) is 5.91 Å². The van der Waals surface area contributed by atoms with Crippen molar-refractivity contribution in [3.63, 3.8) is 0 Å². The van der Waals surface area contributed by atoms with E-state index in [2.05, 4.69) is 5.32 Å². The molecular weight excluding hydrogens is 521 g/mol. The molecule has 0 aliphatic carbocycles. The van der Waals surface area contributed by atoms with Crippen molar-refractivity contribution in [3.05, 3.63) is 88.2 Å². The number of amides is 3. The standard InChI is InChI=1S/C33H36FN3O4/c1-22-10-4-5-12-27(22)32(39)35-31-24(21-30(38)36-15-7-3-8-16-36)18-25(20-29(31)41-2)33(40)37-17-9-6-11-23-19-26(34)13-14-28(23)37/h4-5,10,12-14,18-20H,3,6-9,11,15-17,21H2,1-2H3,(H,35,39). The molecule has 3 amide bonds. The maximum Gasteiger partial charge on any atom is 0.258 e. The molecule has 3 aromatic carbocycles. The predicted molar refractivity (Wildman–Crippen MR) is 157 cm³/mol. The molecule has 7 nitrogen and oxygen atoms in total. The Hall–Kier alpha value is -4.20. The van der Waals surface area contributed by atoms with Crippen LogP contribution in [0.3, 0.4) is 0 Å². The number of methoxy groups -OCH3 is 1. The average Bonchev–Trinajstić information content (AvgIpc) is 3.20. The van der Waals surface area contributed by atoms with Crippen LogP contribution in [0.4, 0.5) is 15.8 Å². The van der Waals surface area contributed by atoms with E-state index in [0.29, 0.717) is 59.9 Å². The Morgan fingerprint density at radius 1 is 0.927 bits per heavy atom. The van der Waals surface area contributed by atoms with Gasteiger partial charge in [0, 0.05) is 36.4 Å². The molecule has 0 unspecified atom stereocenters. The molecule has 0 spiro atoms. The van der Waals surface area contributed by atoms with Crippen LogP contribution >= 0.6 is 0 Å². The number of aryl methyl sites for hydroxylation is 2. The molecule has 1 N–H and O–H groups in total. The van der Waals surface area contributed by atoms with Crippen LogP contribution in [-0.4, -0.2) is 49.4 Å². The highest BCUT2D eigenvalue weighted by Gasteiger charge is 2.27. The Morgan fingerprint density at radius 2 is 1.68 bits per heavy atom. The Morgan fingerprint density at radius 3 is 2.44 bits per heavy atom. The number of nitrogens with zero attached hydrogens (tertiary/aromatic N) is 2. The molecule has 214 valence electrons. The number of halogens is 1. The first-order valence-corrected chi connectivity index (χ1v) is 14.3. The van der Waals surface area contributed by atoms with Gasteiger partial charge in [0.25, 0.3) is 11.8 Å². The van der Waals surface area contributed by atoms with Gasteiger partial charge in [-0.05, 0) is 98.5 Å². The first-order valence-electron chi connectivity index (χ1n) is 14.3. The van der Waals surface area contributed by atoms with Crippen molar-refractivity contribution in [2.45, 2.75) is 51.9 Å². The quantitative estimate of drug-likeness (QED) is 0.407. The minimum absolute atomic E-state index is 0.0165. The molecule has 1 saturated heterocycles. The van der Waals surface area contributed by atoms with Crippen molar-refractivity contribution in [2.24, 2.45) is 0 Å². The van der Waals surface area contributed by atoms with Gasteiger partial charge in [0.05, 0.1) is 19.2 Å². The van der Waals surface area contributed by atoms with E-state index in [-0.39, 0.29) is 30.0 Å². The molecule has 8 heteroatoms. The number of piperidine rings is 1. The molecule has 0 bridgehead atoms. The minimum atomic E-state index is -0.327. The Labute approximate surface area is 240 Å². The van der Waals surface area contributed by atoms with Crippen LogP contribution in [0.1, 0.15) is 69.5 Å². The Bertz CT molecular complexity index is 1460. The maximum atomic E-state index is 14.0. The minimum Gasteiger partial charge on any atom is -0.495 e. The first-order chi connectivity index (χ1) is 19.9. The van der Waals surface area contributed by atoms with E-state index >= 15 is 0 Å². The average molecular weight is 558 g/mol. The second-order valence-electron chi connectivity index (χ2n) is 10.8. The molecule has 3 aromatic rings. The van der Waals surface area contributed by atoms with Crippen molar-refractivity contribution >= 4 is 29.1 Å². The molecule has 0 radical (unpaired) electrons. The van der Waals surface area contributed by atoms with Crippen molar-refractivity contribution in [2.75, 3.05) is 37.0 Å². The fourth-order valence-corrected chi connectivity index (χ4v) is 5.76. The summed E-state index contributed by atoms with van der Waals surface area (Å²) in [5.74, 6) is -0.671. The summed E-state index contributed by atoms with van der Waals surface area (Å²) in [6.45, 7) is 3.74. The number of carbonyl (C=O) groups is 3. The first kappa shape index (κ1) is 28.3. The van der Waals surface area contributed by atoms with Crippen molar-refractivity contribution in [1.29, 1.82) is 0 Å². The summed E-state index contributed by atoms with van der Waals surface area (Å²) in [7, 11) is 1.48. The van der Waals surface area contributed by atoms with Crippen molar-refractivity contribution < 1.29 is 23.5 Å². The molecule has 41 heavy (non-hydrogen) atoms. The van der Waals surface area contributed by atoms with Crippen LogP contribution in [0.2, 0.25) is 0 Å². The van der Waals surface area contributed by atoms with Crippen molar-refractivity contribution in [1.82, 2.24) is 4.90 Å². The van der Waals surface area contributed by atoms with Gasteiger partial charge in [-0.3, -0.25) is 14.4 Å². The van der Waals surface area contributed by atoms with Gasteiger partial charge in [-0.25, -0.2) is 4.39 Å². The predicted octanol–water partition coefficient (Wildman–Crippen LogP) is 5.93. The molecule has 2 heterocycles. The zero-order valence-electron chi connectivity index (χ0n) is 23.7. The lowest BCUT2D eigenvalue weighted by atomic mass is 10.0. The fraction of sp³-hybridized carbons (Fsp3) is 0.364. The van der Waals surface area contributed by atoms with Gasteiger partial charge in [0.1, 0.15) is 11.6 Å². The highest BCUT2D eigenvalue weighted by atomic mass is 19.1. The van der Waals surface area contributed by atoms with E-state index in [1.807, 2.05) is 24.0 Å². The molecule has 1 fully saturated rings. The summed E-state index contributed by atoms with van der Waals surface area (Å²) in [6, 6.07) is 15.1. The van der Waals surface area contributed by atoms with E-state index in [0.717, 1.165) is 43.2 Å². The lowest BCUT2D eigenvalue weighted by Gasteiger charge is -2.28. The van der Waals surface area contributed by atoms with Gasteiger partial charge in [-0.2, -0.15) is 0 Å². The van der Waals surface area contributed by atoms with Crippen LogP contribution in [-0.2, 0) is 17.6 Å². The second kappa shape index (κ2) is 12.5. The number of likely N-dealkylation sites (tertiary alicyclic amines) is 1. The van der Waals surface area contributed by atoms with Crippen LogP contribution in [0.15, 0.2) is 54.6 Å². The number of carbonyl (C=O) groups excluding carboxylic acids is 3. The van der Waals surface area contributed by atoms with Gasteiger partial charge in [0.15, 0.2) is 0 Å². The highest BCUT2D eigenvalue weighted by Crippen LogP contribution is 2.35. The lowest BCUT2D eigenvalue weighted by molar-refractivity contribution is -0.131. The zero-order valence-corrected chi connectivity index (χ0v) is 23.7. The number of ether oxygens (including phenoxy) is 1. The fourth-order valence-electron chi connectivity index (χ4n) is 5.76. The van der Waals surface area contributed by atoms with Crippen LogP contribution in [0, 0.1) is 12.7 Å². The van der Waals surface area contributed by atoms with Crippen LogP contribution in [0.25, 0.3) is 0 Å². The molecule has 0 atom stereocenters. The molecular formula is C33H36FN3O4. The van der Waals surface area contributed by atoms with Gasteiger partial charge < -0.3 is 19.9 Å². The normalized spacial score (nSPS) is 15.1. The zero-order chi connectivity index (χ0) is 28.9. The summed E-state index contributed by atoms with van der Waals surface area (Å²) in [4.78, 5) is 44.3. The third-order valence-electron chi connectivity index (χ3n) is 7.98. The van der Waals surface area contributed by atoms with E-state index in [1.54, 1.807) is 35.2 Å². The van der Waals surface area contributed by atoms with Gasteiger partial charge in [-0.1, -0.05) is 18.2 Å². The number of nitrogens with one attached hydrogen (secondary N) is 1. The molecule has 2 aliphatic rings. The second-order valence-corrected chi connectivity index (χ2v) is 10.8. The number of hydrogen-bond acceptors (Lipinski definition) is 4. The summed E-state index contributed by atoms with van der Waals surface area (Å²) >= 11 is 0. The maximum absolute atomic E-state index is 14.0. The third kappa shape index (κ3) is 6.26. The summed E-state index contributed by atoms with van der Waals surface area (Å²) in [5, 5.41) is 2.97. The van der Waals surface area contributed by atoms with E-state index in [9.17, 15) is 18.8 Å². The number of rotatable bonds is 6. The topological polar surface area (TPSA) is 79.0 Å². The molecule has 2 aliphatic heterocycles. The number of hydrogen-bond donors (Lipinski definition) is 1. The van der Waals surface area contributed by atoms with Crippen LogP contribution in [0.5, 0.6) is 5.75 Å². The smallest absolute Gasteiger partial charge is 0.258 e. The van der Waals surface area contributed by atoms with Crippen LogP contribution < -0.4 is 15.0 Å². The molecule has 0 saturated carbocycles. The van der Waals surface area contributed by atoms with E-state index < -0.39 is 0 Å². The lowest BCUT2D eigenvalue weighted by Crippen LogP contribution is -2.37. The van der Waals surface area contributed by atoms with E-state index in [4.69, 9.17) is 4.74 Å².